The smallest absolute Gasteiger partial charge is 0.189 e. The van der Waals surface area contributed by atoms with Gasteiger partial charge in [0.15, 0.2) is 5.11 Å². The summed E-state index contributed by atoms with van der Waals surface area (Å²) in [5.74, 6) is 1.55. The molecule has 0 bridgehead atoms. The van der Waals surface area contributed by atoms with Crippen molar-refractivity contribution < 1.29 is 4.74 Å². The van der Waals surface area contributed by atoms with E-state index in [-0.39, 0.29) is 0 Å². The average molecular weight is 334 g/mol. The molecule has 1 aromatic carbocycles. The van der Waals surface area contributed by atoms with Crippen LogP contribution in [-0.4, -0.2) is 12.2 Å². The van der Waals surface area contributed by atoms with Gasteiger partial charge in [0.25, 0.3) is 0 Å². The highest BCUT2D eigenvalue weighted by Gasteiger charge is 2.26. The average Bonchev–Trinajstić information content (AvgIpc) is 2.52. The molecule has 0 heterocycles. The van der Waals surface area contributed by atoms with Crippen molar-refractivity contribution in [3.05, 3.63) is 36.0 Å². The zero-order valence-corrected chi connectivity index (χ0v) is 15.2. The molecule has 0 spiro atoms. The second-order valence-electron chi connectivity index (χ2n) is 7.00. The minimum atomic E-state index is 0.374. The summed E-state index contributed by atoms with van der Waals surface area (Å²) in [7, 11) is 1.65. The van der Waals surface area contributed by atoms with E-state index >= 15 is 0 Å². The summed E-state index contributed by atoms with van der Waals surface area (Å²) in [5, 5.41) is 3.68. The maximum absolute atomic E-state index is 5.31. The Bertz CT molecular complexity index is 578. The van der Waals surface area contributed by atoms with Crippen molar-refractivity contribution in [2.75, 3.05) is 12.4 Å². The van der Waals surface area contributed by atoms with Crippen molar-refractivity contribution in [1.82, 2.24) is 10.9 Å². The molecule has 2 rings (SSSR count). The Morgan fingerprint density at radius 3 is 2.70 bits per heavy atom. The summed E-state index contributed by atoms with van der Waals surface area (Å²) < 4.78 is 5.20. The number of methoxy groups -OCH3 is 1. The van der Waals surface area contributed by atoms with E-state index in [4.69, 9.17) is 17.0 Å². The molecule has 3 N–H and O–H groups in total. The van der Waals surface area contributed by atoms with Crippen LogP contribution < -0.4 is 20.9 Å². The first-order chi connectivity index (χ1) is 10.9. The molecule has 1 aliphatic rings. The second kappa shape index (κ2) is 7.68. The van der Waals surface area contributed by atoms with Crippen molar-refractivity contribution in [3.63, 3.8) is 0 Å². The van der Waals surface area contributed by atoms with E-state index in [0.29, 0.717) is 10.5 Å². The van der Waals surface area contributed by atoms with Gasteiger partial charge in [-0.15, -0.1) is 0 Å². The Kier molecular flexibility index (Phi) is 5.88. The van der Waals surface area contributed by atoms with Crippen molar-refractivity contribution in [2.45, 2.75) is 40.0 Å². The lowest BCUT2D eigenvalue weighted by Crippen LogP contribution is -2.40. The number of allylic oxidation sites excluding steroid dienone is 2. The van der Waals surface area contributed by atoms with Crippen LogP contribution in [0.3, 0.4) is 0 Å². The molecule has 5 heteroatoms. The number of nitrogens with one attached hydrogen (secondary N) is 3. The summed E-state index contributed by atoms with van der Waals surface area (Å²) in [6.45, 7) is 6.94. The number of hydrogen-bond acceptors (Lipinski definition) is 3. The summed E-state index contributed by atoms with van der Waals surface area (Å²) >= 11 is 5.31. The van der Waals surface area contributed by atoms with E-state index in [9.17, 15) is 0 Å². The Labute approximate surface area is 144 Å². The maximum atomic E-state index is 5.31. The van der Waals surface area contributed by atoms with Crippen molar-refractivity contribution in [2.24, 2.45) is 11.3 Å². The van der Waals surface area contributed by atoms with Crippen molar-refractivity contribution in [3.8, 4) is 5.75 Å². The summed E-state index contributed by atoms with van der Waals surface area (Å²) in [6, 6.07) is 7.68. The Hall–Kier alpha value is -1.75. The number of hydrogen-bond donors (Lipinski definition) is 3. The molecule has 0 fully saturated rings. The monoisotopic (exact) mass is 333 g/mol. The van der Waals surface area contributed by atoms with Crippen LogP contribution in [0.4, 0.5) is 5.69 Å². The molecule has 0 amide bonds. The predicted molar refractivity (Wildman–Crippen MR) is 100 cm³/mol. The van der Waals surface area contributed by atoms with Crippen LogP contribution in [-0.2, 0) is 0 Å². The topological polar surface area (TPSA) is 45.3 Å². The number of thiocarbonyl (C=S) groups is 1. The summed E-state index contributed by atoms with van der Waals surface area (Å²) in [4.78, 5) is 0. The molecule has 0 unspecified atom stereocenters. The van der Waals surface area contributed by atoms with Crippen molar-refractivity contribution in [1.29, 1.82) is 0 Å². The van der Waals surface area contributed by atoms with E-state index in [2.05, 4.69) is 43.0 Å². The van der Waals surface area contributed by atoms with E-state index in [1.54, 1.807) is 7.11 Å². The Morgan fingerprint density at radius 1 is 1.30 bits per heavy atom. The third kappa shape index (κ3) is 5.43. The van der Waals surface area contributed by atoms with Gasteiger partial charge in [-0.1, -0.05) is 32.9 Å². The molecule has 0 radical (unpaired) electrons. The van der Waals surface area contributed by atoms with Crippen LogP contribution in [0.2, 0.25) is 0 Å². The van der Waals surface area contributed by atoms with Gasteiger partial charge in [0.2, 0.25) is 0 Å². The largest absolute Gasteiger partial charge is 0.497 e. The van der Waals surface area contributed by atoms with E-state index in [0.717, 1.165) is 30.2 Å². The fourth-order valence-electron chi connectivity index (χ4n) is 2.73. The van der Waals surface area contributed by atoms with Gasteiger partial charge >= 0.3 is 0 Å². The Balaban J connectivity index is 1.80. The molecule has 4 nitrogen and oxygen atoms in total. The lowest BCUT2D eigenvalue weighted by atomic mass is 9.74. The highest BCUT2D eigenvalue weighted by atomic mass is 32.1. The number of hydrazine groups is 1. The van der Waals surface area contributed by atoms with Gasteiger partial charge in [0.05, 0.1) is 7.11 Å². The van der Waals surface area contributed by atoms with Gasteiger partial charge in [-0.05, 0) is 54.9 Å². The van der Waals surface area contributed by atoms with Crippen LogP contribution in [0.1, 0.15) is 40.0 Å². The maximum Gasteiger partial charge on any atom is 0.189 e. The van der Waals surface area contributed by atoms with Crippen LogP contribution in [0.5, 0.6) is 5.75 Å². The third-order valence-corrected chi connectivity index (χ3v) is 4.50. The summed E-state index contributed by atoms with van der Waals surface area (Å²) in [6.07, 6.45) is 5.65. The minimum Gasteiger partial charge on any atom is -0.497 e. The molecule has 0 saturated carbocycles. The standard InChI is InChI=1S/C18H27N3OS/c1-18(2,3)13-8-10-14(11-9-13)20-21-17(23)19-15-6-5-7-16(12-15)22-4/h5-7,10,12-13,20H,8-9,11H2,1-4H3,(H2,19,21,23)/t13-/m1/s1. The van der Waals surface area contributed by atoms with Crippen LogP contribution >= 0.6 is 12.2 Å². The number of benzene rings is 1. The highest BCUT2D eigenvalue weighted by Crippen LogP contribution is 2.36. The molecular formula is C18H27N3OS. The lowest BCUT2D eigenvalue weighted by molar-refractivity contribution is 0.218. The number of anilines is 1. The fraction of sp³-hybridized carbons (Fsp3) is 0.500. The molecule has 23 heavy (non-hydrogen) atoms. The molecule has 0 saturated heterocycles. The predicted octanol–water partition coefficient (Wildman–Crippen LogP) is 4.22. The van der Waals surface area contributed by atoms with Crippen LogP contribution in [0.15, 0.2) is 36.0 Å². The molecule has 1 aliphatic carbocycles. The normalized spacial score (nSPS) is 17.9. The first-order valence-corrected chi connectivity index (χ1v) is 8.45. The minimum absolute atomic E-state index is 0.374. The molecule has 126 valence electrons. The summed E-state index contributed by atoms with van der Waals surface area (Å²) in [5.41, 5.74) is 8.75. The first kappa shape index (κ1) is 17.6. The van der Waals surface area contributed by atoms with Crippen LogP contribution in [0.25, 0.3) is 0 Å². The van der Waals surface area contributed by atoms with Gasteiger partial charge in [-0.3, -0.25) is 5.43 Å². The number of rotatable bonds is 4. The van der Waals surface area contributed by atoms with Gasteiger partial charge in [0, 0.05) is 17.5 Å². The lowest BCUT2D eigenvalue weighted by Gasteiger charge is -2.33. The van der Waals surface area contributed by atoms with E-state index in [1.165, 1.54) is 12.1 Å². The molecule has 0 aromatic heterocycles. The zero-order chi connectivity index (χ0) is 16.9. The van der Waals surface area contributed by atoms with Crippen molar-refractivity contribution >= 4 is 23.0 Å². The SMILES string of the molecule is COc1cccc(NC(=S)NNC2=CC[C@@H](C(C)(C)C)CC2)c1. The van der Waals surface area contributed by atoms with Gasteiger partial charge < -0.3 is 15.5 Å². The van der Waals surface area contributed by atoms with Gasteiger partial charge in [-0.2, -0.15) is 0 Å². The zero-order valence-electron chi connectivity index (χ0n) is 14.4. The van der Waals surface area contributed by atoms with Gasteiger partial charge in [-0.25, -0.2) is 0 Å². The van der Waals surface area contributed by atoms with Crippen LogP contribution in [0, 0.1) is 11.3 Å². The second-order valence-corrected chi connectivity index (χ2v) is 7.41. The molecular weight excluding hydrogens is 306 g/mol. The van der Waals surface area contributed by atoms with E-state index in [1.807, 2.05) is 24.3 Å². The highest BCUT2D eigenvalue weighted by molar-refractivity contribution is 7.80. The third-order valence-electron chi connectivity index (χ3n) is 4.30. The molecule has 1 atom stereocenters. The van der Waals surface area contributed by atoms with E-state index < -0.39 is 0 Å². The quantitative estimate of drug-likeness (QED) is 0.569. The number of ether oxygens (including phenoxy) is 1. The first-order valence-electron chi connectivity index (χ1n) is 8.04. The Morgan fingerprint density at radius 2 is 2.09 bits per heavy atom. The molecule has 0 aliphatic heterocycles. The fourth-order valence-corrected chi connectivity index (χ4v) is 2.90. The molecule has 1 aromatic rings. The van der Waals surface area contributed by atoms with Gasteiger partial charge in [0.1, 0.15) is 5.75 Å².